The Bertz CT molecular complexity index is 99.9. The molecule has 1 rings (SSSR count). The van der Waals surface area contributed by atoms with Crippen LogP contribution in [0.4, 0.5) is 0 Å². The molecule has 1 aliphatic heterocycles. The summed E-state index contributed by atoms with van der Waals surface area (Å²) in [6.45, 7) is 3.20. The third-order valence-electron chi connectivity index (χ3n) is 1.70. The SMILES string of the molecule is OCCN(CCO)CC1CO1. The lowest BCUT2D eigenvalue weighted by atomic mass is 10.4. The van der Waals surface area contributed by atoms with Gasteiger partial charge in [-0.1, -0.05) is 0 Å². The predicted molar refractivity (Wildman–Crippen MR) is 40.4 cm³/mol. The third kappa shape index (κ3) is 3.67. The fourth-order valence-electron chi connectivity index (χ4n) is 1.04. The van der Waals surface area contributed by atoms with Crippen molar-refractivity contribution in [3.8, 4) is 0 Å². The summed E-state index contributed by atoms with van der Waals surface area (Å²) < 4.78 is 5.03. The van der Waals surface area contributed by atoms with E-state index in [1.54, 1.807) is 0 Å². The van der Waals surface area contributed by atoms with Gasteiger partial charge >= 0.3 is 0 Å². The van der Waals surface area contributed by atoms with Crippen LogP contribution in [0.5, 0.6) is 0 Å². The molecule has 1 unspecified atom stereocenters. The highest BCUT2D eigenvalue weighted by molar-refractivity contribution is 4.74. The van der Waals surface area contributed by atoms with Crippen molar-refractivity contribution in [1.82, 2.24) is 4.90 Å². The first kappa shape index (κ1) is 8.93. The molecule has 4 nitrogen and oxygen atoms in total. The molecule has 1 atom stereocenters. The maximum Gasteiger partial charge on any atom is 0.0936 e. The summed E-state index contributed by atoms with van der Waals surface area (Å²) >= 11 is 0. The molecule has 0 amide bonds. The topological polar surface area (TPSA) is 56.2 Å². The van der Waals surface area contributed by atoms with E-state index in [-0.39, 0.29) is 13.2 Å². The van der Waals surface area contributed by atoms with E-state index in [1.165, 1.54) is 0 Å². The average molecular weight is 161 g/mol. The first-order valence-corrected chi connectivity index (χ1v) is 3.92. The zero-order valence-corrected chi connectivity index (χ0v) is 6.57. The molecule has 0 aromatic rings. The molecule has 1 saturated heterocycles. The summed E-state index contributed by atoms with van der Waals surface area (Å²) in [7, 11) is 0. The van der Waals surface area contributed by atoms with E-state index in [4.69, 9.17) is 14.9 Å². The summed E-state index contributed by atoms with van der Waals surface area (Å²) in [5, 5.41) is 17.3. The van der Waals surface area contributed by atoms with Gasteiger partial charge in [-0.15, -0.1) is 0 Å². The van der Waals surface area contributed by atoms with Crippen molar-refractivity contribution < 1.29 is 14.9 Å². The molecule has 2 N–H and O–H groups in total. The Morgan fingerprint density at radius 2 is 1.82 bits per heavy atom. The molecule has 0 bridgehead atoms. The quantitative estimate of drug-likeness (QED) is 0.474. The van der Waals surface area contributed by atoms with Crippen molar-refractivity contribution >= 4 is 0 Å². The van der Waals surface area contributed by atoms with Gasteiger partial charge in [-0.25, -0.2) is 0 Å². The van der Waals surface area contributed by atoms with E-state index in [1.807, 2.05) is 4.90 Å². The van der Waals surface area contributed by atoms with Gasteiger partial charge in [0.1, 0.15) is 0 Å². The fraction of sp³-hybridized carbons (Fsp3) is 1.00. The van der Waals surface area contributed by atoms with Crippen LogP contribution in [0.3, 0.4) is 0 Å². The summed E-state index contributed by atoms with van der Waals surface area (Å²) in [6, 6.07) is 0. The lowest BCUT2D eigenvalue weighted by Gasteiger charge is -2.18. The molecule has 66 valence electrons. The number of ether oxygens (including phenoxy) is 1. The van der Waals surface area contributed by atoms with Gasteiger partial charge in [-0.05, 0) is 0 Å². The number of hydrogen-bond acceptors (Lipinski definition) is 4. The van der Waals surface area contributed by atoms with Gasteiger partial charge in [-0.3, -0.25) is 4.90 Å². The van der Waals surface area contributed by atoms with Crippen LogP contribution in [-0.4, -0.2) is 60.7 Å². The Morgan fingerprint density at radius 1 is 1.27 bits per heavy atom. The molecule has 0 spiro atoms. The molecule has 1 fully saturated rings. The van der Waals surface area contributed by atoms with Gasteiger partial charge in [0.05, 0.1) is 25.9 Å². The lowest BCUT2D eigenvalue weighted by Crippen LogP contribution is -2.33. The molecule has 0 aromatic heterocycles. The fourth-order valence-corrected chi connectivity index (χ4v) is 1.04. The second-order valence-corrected chi connectivity index (χ2v) is 2.70. The zero-order chi connectivity index (χ0) is 8.10. The molecule has 0 saturated carbocycles. The molecule has 0 aliphatic carbocycles. The molecule has 4 heteroatoms. The van der Waals surface area contributed by atoms with E-state index < -0.39 is 0 Å². The normalized spacial score (nSPS) is 22.6. The molecular weight excluding hydrogens is 146 g/mol. The van der Waals surface area contributed by atoms with E-state index in [0.29, 0.717) is 19.2 Å². The van der Waals surface area contributed by atoms with Crippen LogP contribution in [0, 0.1) is 0 Å². The van der Waals surface area contributed by atoms with Gasteiger partial charge < -0.3 is 14.9 Å². The smallest absolute Gasteiger partial charge is 0.0936 e. The largest absolute Gasteiger partial charge is 0.395 e. The van der Waals surface area contributed by atoms with Gasteiger partial charge in [0, 0.05) is 19.6 Å². The van der Waals surface area contributed by atoms with E-state index >= 15 is 0 Å². The van der Waals surface area contributed by atoms with Crippen molar-refractivity contribution in [3.63, 3.8) is 0 Å². The first-order valence-electron chi connectivity index (χ1n) is 3.92. The van der Waals surface area contributed by atoms with Crippen LogP contribution in [0.1, 0.15) is 0 Å². The number of aliphatic hydroxyl groups is 2. The Labute approximate surface area is 66.4 Å². The number of epoxide rings is 1. The van der Waals surface area contributed by atoms with Crippen molar-refractivity contribution in [1.29, 1.82) is 0 Å². The lowest BCUT2D eigenvalue weighted by molar-refractivity contribution is 0.152. The maximum atomic E-state index is 8.63. The highest BCUT2D eigenvalue weighted by Crippen LogP contribution is 2.09. The standard InChI is InChI=1S/C7H15NO3/c9-3-1-8(2-4-10)5-7-6-11-7/h7,9-10H,1-6H2. The van der Waals surface area contributed by atoms with Crippen LogP contribution in [0.2, 0.25) is 0 Å². The van der Waals surface area contributed by atoms with Crippen molar-refractivity contribution in [2.75, 3.05) is 39.5 Å². The first-order chi connectivity index (χ1) is 5.36. The monoisotopic (exact) mass is 161 g/mol. The predicted octanol–water partition coefficient (Wildman–Crippen LogP) is -1.33. The maximum absolute atomic E-state index is 8.63. The summed E-state index contributed by atoms with van der Waals surface area (Å²) in [5.74, 6) is 0. The van der Waals surface area contributed by atoms with E-state index in [9.17, 15) is 0 Å². The number of nitrogens with zero attached hydrogens (tertiary/aromatic N) is 1. The molecular formula is C7H15NO3. The van der Waals surface area contributed by atoms with Crippen LogP contribution in [-0.2, 0) is 4.74 Å². The highest BCUT2D eigenvalue weighted by Gasteiger charge is 2.24. The Balaban J connectivity index is 2.08. The summed E-state index contributed by atoms with van der Waals surface area (Å²) in [6.07, 6.45) is 0.341. The summed E-state index contributed by atoms with van der Waals surface area (Å²) in [4.78, 5) is 2.00. The highest BCUT2D eigenvalue weighted by atomic mass is 16.6. The number of aliphatic hydroxyl groups excluding tert-OH is 2. The molecule has 1 heterocycles. The molecule has 11 heavy (non-hydrogen) atoms. The number of rotatable bonds is 6. The zero-order valence-electron chi connectivity index (χ0n) is 6.57. The molecule has 0 aromatic carbocycles. The molecule has 0 radical (unpaired) electrons. The Hall–Kier alpha value is -0.160. The summed E-state index contributed by atoms with van der Waals surface area (Å²) in [5.41, 5.74) is 0. The van der Waals surface area contributed by atoms with E-state index in [2.05, 4.69) is 0 Å². The van der Waals surface area contributed by atoms with Crippen LogP contribution in [0.25, 0.3) is 0 Å². The van der Waals surface area contributed by atoms with Crippen LogP contribution in [0.15, 0.2) is 0 Å². The minimum absolute atomic E-state index is 0.146. The van der Waals surface area contributed by atoms with Gasteiger partial charge in [0.15, 0.2) is 0 Å². The van der Waals surface area contributed by atoms with Gasteiger partial charge in [0.2, 0.25) is 0 Å². The van der Waals surface area contributed by atoms with Crippen molar-refractivity contribution in [2.45, 2.75) is 6.10 Å². The van der Waals surface area contributed by atoms with Crippen LogP contribution >= 0.6 is 0 Å². The van der Waals surface area contributed by atoms with Gasteiger partial charge in [0.25, 0.3) is 0 Å². The molecule has 1 aliphatic rings. The Morgan fingerprint density at radius 3 is 2.18 bits per heavy atom. The Kier molecular flexibility index (Phi) is 3.79. The average Bonchev–Trinajstić information content (AvgIpc) is 2.73. The minimum Gasteiger partial charge on any atom is -0.395 e. The van der Waals surface area contributed by atoms with Crippen molar-refractivity contribution in [2.24, 2.45) is 0 Å². The van der Waals surface area contributed by atoms with E-state index in [0.717, 1.165) is 13.2 Å². The van der Waals surface area contributed by atoms with Gasteiger partial charge in [-0.2, -0.15) is 0 Å². The van der Waals surface area contributed by atoms with Crippen molar-refractivity contribution in [3.05, 3.63) is 0 Å². The van der Waals surface area contributed by atoms with Crippen LogP contribution < -0.4 is 0 Å². The second-order valence-electron chi connectivity index (χ2n) is 2.70. The minimum atomic E-state index is 0.146. The number of hydrogen-bond donors (Lipinski definition) is 2. The third-order valence-corrected chi connectivity index (χ3v) is 1.70. The second kappa shape index (κ2) is 4.66.